The van der Waals surface area contributed by atoms with Crippen LogP contribution in [-0.2, 0) is 28.2 Å². The van der Waals surface area contributed by atoms with Gasteiger partial charge in [-0.15, -0.1) is 9.36 Å². The molecule has 220 valence electrons. The van der Waals surface area contributed by atoms with E-state index in [1.807, 2.05) is 61.6 Å². The zero-order valence-electron chi connectivity index (χ0n) is 25.0. The summed E-state index contributed by atoms with van der Waals surface area (Å²) in [5.41, 5.74) is 3.56. The number of azo groups is 2. The van der Waals surface area contributed by atoms with Gasteiger partial charge in [0, 0.05) is 48.5 Å². The van der Waals surface area contributed by atoms with Gasteiger partial charge in [-0.05, 0) is 47.3 Å². The van der Waals surface area contributed by atoms with E-state index in [4.69, 9.17) is 9.47 Å². The molecule has 1 aliphatic heterocycles. The molecular weight excluding hydrogens is 536 g/mol. The Balaban J connectivity index is 1.25. The van der Waals surface area contributed by atoms with E-state index in [-0.39, 0.29) is 0 Å². The minimum absolute atomic E-state index is 0.654. The van der Waals surface area contributed by atoms with E-state index in [0.717, 1.165) is 73.3 Å². The second-order valence-corrected chi connectivity index (χ2v) is 10.1. The summed E-state index contributed by atoms with van der Waals surface area (Å²) in [6.45, 7) is 3.59. The highest BCUT2D eigenvalue weighted by Gasteiger charge is 2.20. The van der Waals surface area contributed by atoms with Crippen LogP contribution in [-0.4, -0.2) is 60.0 Å². The number of methoxy groups -OCH3 is 2. The third kappa shape index (κ3) is 6.21. The molecule has 2 aromatic carbocycles. The van der Waals surface area contributed by atoms with Crippen molar-refractivity contribution in [3.8, 4) is 11.5 Å². The van der Waals surface area contributed by atoms with Crippen molar-refractivity contribution in [1.82, 2.24) is 19.6 Å². The highest BCUT2D eigenvalue weighted by atomic mass is 16.5. The lowest BCUT2D eigenvalue weighted by atomic mass is 10.1. The van der Waals surface area contributed by atoms with Crippen LogP contribution in [0.4, 0.5) is 34.6 Å². The highest BCUT2D eigenvalue weighted by Crippen LogP contribution is 2.36. The maximum Gasteiger partial charge on any atom is 0.403 e. The number of anilines is 2. The van der Waals surface area contributed by atoms with Crippen LogP contribution in [0.1, 0.15) is 12.8 Å². The first-order chi connectivity index (χ1) is 20.4. The molecule has 42 heavy (non-hydrogen) atoms. The molecule has 14 heteroatoms. The van der Waals surface area contributed by atoms with Gasteiger partial charge in [-0.1, -0.05) is 10.2 Å². The Hall–Kier alpha value is -4.88. The van der Waals surface area contributed by atoms with Gasteiger partial charge in [0.15, 0.2) is 0 Å². The molecule has 3 heterocycles. The van der Waals surface area contributed by atoms with Crippen LogP contribution >= 0.6 is 0 Å². The van der Waals surface area contributed by atoms with Gasteiger partial charge in [0.05, 0.1) is 53.8 Å². The van der Waals surface area contributed by atoms with Crippen molar-refractivity contribution in [2.45, 2.75) is 12.8 Å². The van der Waals surface area contributed by atoms with Crippen LogP contribution in [0, 0.1) is 0 Å². The Morgan fingerprint density at radius 2 is 1.05 bits per heavy atom. The summed E-state index contributed by atoms with van der Waals surface area (Å²) >= 11 is 0. The molecule has 0 amide bonds. The van der Waals surface area contributed by atoms with Crippen LogP contribution in [0.3, 0.4) is 0 Å². The second kappa shape index (κ2) is 12.7. The molecule has 5 rings (SSSR count). The number of aryl methyl sites for hydroxylation is 4. The molecule has 4 aromatic rings. The number of benzene rings is 2. The van der Waals surface area contributed by atoms with Crippen molar-refractivity contribution in [3.63, 3.8) is 0 Å². The van der Waals surface area contributed by atoms with Gasteiger partial charge < -0.3 is 19.3 Å². The molecule has 1 aliphatic rings. The summed E-state index contributed by atoms with van der Waals surface area (Å²) < 4.78 is 18.5. The smallest absolute Gasteiger partial charge is 0.403 e. The van der Waals surface area contributed by atoms with Crippen LogP contribution < -0.4 is 28.4 Å². The van der Waals surface area contributed by atoms with Crippen LogP contribution in [0.2, 0.25) is 0 Å². The number of aromatic nitrogens is 6. The fourth-order valence-corrected chi connectivity index (χ4v) is 5.04. The molecular formula is C28H38N12O2+2. The lowest BCUT2D eigenvalue weighted by Crippen LogP contribution is -2.37. The predicted octanol–water partition coefficient (Wildman–Crippen LogP) is 3.76. The van der Waals surface area contributed by atoms with Crippen molar-refractivity contribution < 1.29 is 18.6 Å². The van der Waals surface area contributed by atoms with E-state index in [1.54, 1.807) is 36.2 Å². The van der Waals surface area contributed by atoms with Gasteiger partial charge in [-0.25, -0.2) is 9.13 Å². The molecule has 1 fully saturated rings. The normalized spacial score (nSPS) is 14.5. The van der Waals surface area contributed by atoms with E-state index >= 15 is 0 Å². The Bertz CT molecular complexity index is 1430. The minimum Gasteiger partial charge on any atom is -0.495 e. The van der Waals surface area contributed by atoms with Gasteiger partial charge in [0.2, 0.25) is 12.7 Å². The Labute approximate surface area is 245 Å². The predicted molar refractivity (Wildman–Crippen MR) is 157 cm³/mol. The molecule has 0 spiro atoms. The van der Waals surface area contributed by atoms with Crippen molar-refractivity contribution >= 4 is 34.6 Å². The van der Waals surface area contributed by atoms with Crippen molar-refractivity contribution in [3.05, 3.63) is 49.1 Å². The first-order valence-electron chi connectivity index (χ1n) is 13.8. The molecule has 0 N–H and O–H groups in total. The van der Waals surface area contributed by atoms with Gasteiger partial charge in [-0.2, -0.15) is 0 Å². The lowest BCUT2D eigenvalue weighted by Gasteiger charge is -2.34. The SMILES string of the molecule is COc1cc(/N=N/c2n(C)nc[n+]2C)ccc1N1CCCN(c2ccc(/N=N/c3n(C)nc[n+]3C)cc2OC)CCC1. The maximum absolute atomic E-state index is 5.77. The molecule has 0 unspecified atom stereocenters. The fourth-order valence-electron chi connectivity index (χ4n) is 5.04. The van der Waals surface area contributed by atoms with Crippen LogP contribution in [0.5, 0.6) is 11.5 Å². The van der Waals surface area contributed by atoms with Crippen LogP contribution in [0.25, 0.3) is 0 Å². The van der Waals surface area contributed by atoms with E-state index in [1.165, 1.54) is 0 Å². The second-order valence-electron chi connectivity index (χ2n) is 10.1. The Kier molecular flexibility index (Phi) is 8.69. The molecule has 0 atom stereocenters. The van der Waals surface area contributed by atoms with E-state index in [9.17, 15) is 0 Å². The summed E-state index contributed by atoms with van der Waals surface area (Å²) in [6, 6.07) is 11.9. The first-order valence-corrected chi connectivity index (χ1v) is 13.8. The number of nitrogens with zero attached hydrogens (tertiary/aromatic N) is 12. The number of hydrogen-bond donors (Lipinski definition) is 0. The van der Waals surface area contributed by atoms with Crippen molar-refractivity contribution in [2.24, 2.45) is 48.6 Å². The van der Waals surface area contributed by atoms with Gasteiger partial charge >= 0.3 is 11.9 Å². The lowest BCUT2D eigenvalue weighted by molar-refractivity contribution is -0.659. The third-order valence-corrected chi connectivity index (χ3v) is 7.24. The largest absolute Gasteiger partial charge is 0.495 e. The zero-order chi connectivity index (χ0) is 29.6. The Morgan fingerprint density at radius 3 is 1.38 bits per heavy atom. The zero-order valence-corrected chi connectivity index (χ0v) is 25.0. The van der Waals surface area contributed by atoms with E-state index in [0.29, 0.717) is 11.9 Å². The van der Waals surface area contributed by atoms with Crippen molar-refractivity contribution in [2.75, 3.05) is 50.2 Å². The molecule has 0 radical (unpaired) electrons. The molecule has 0 saturated carbocycles. The molecule has 1 saturated heterocycles. The molecule has 2 aromatic heterocycles. The average molecular weight is 575 g/mol. The average Bonchev–Trinajstić information content (AvgIpc) is 3.48. The summed E-state index contributed by atoms with van der Waals surface area (Å²) in [4.78, 5) is 4.77. The van der Waals surface area contributed by atoms with E-state index in [2.05, 4.69) is 52.6 Å². The van der Waals surface area contributed by atoms with Gasteiger partial charge in [-0.3, -0.25) is 0 Å². The summed E-state index contributed by atoms with van der Waals surface area (Å²) in [6.07, 6.45) is 5.35. The maximum atomic E-state index is 5.77. The first kappa shape index (κ1) is 28.6. The quantitative estimate of drug-likeness (QED) is 0.234. The molecule has 14 nitrogen and oxygen atoms in total. The van der Waals surface area contributed by atoms with Crippen molar-refractivity contribution in [1.29, 1.82) is 0 Å². The summed E-state index contributed by atoms with van der Waals surface area (Å²) in [5.74, 6) is 2.87. The van der Waals surface area contributed by atoms with Gasteiger partial charge in [0.25, 0.3) is 0 Å². The van der Waals surface area contributed by atoms with Crippen LogP contribution in [0.15, 0.2) is 69.5 Å². The topological polar surface area (TPSA) is 118 Å². The molecule has 0 aliphatic carbocycles. The summed E-state index contributed by atoms with van der Waals surface area (Å²) in [7, 11) is 10.8. The highest BCUT2D eigenvalue weighted by molar-refractivity contribution is 5.65. The fraction of sp³-hybridized carbons (Fsp3) is 0.429. The number of ether oxygens (including phenoxy) is 2. The standard InChI is InChI=1S/C28H38N12O2/c1-35-19-29-37(3)27(35)33-31-21-9-11-23(25(17-21)41-5)39-13-7-15-40(16-8-14-39)24-12-10-22(18-26(24)42-6)32-34-28-36(2)20-30-38(28)4/h9-12,17-20H,7-8,13-16H2,1-6H3/q+2. The van der Waals surface area contributed by atoms with Gasteiger partial charge in [0.1, 0.15) is 22.9 Å². The number of rotatable bonds is 8. The third-order valence-electron chi connectivity index (χ3n) is 7.24. The monoisotopic (exact) mass is 574 g/mol. The molecule has 0 bridgehead atoms. The van der Waals surface area contributed by atoms with E-state index < -0.39 is 0 Å². The Morgan fingerprint density at radius 1 is 0.643 bits per heavy atom. The summed E-state index contributed by atoms with van der Waals surface area (Å²) in [5, 5.41) is 25.9. The number of hydrogen-bond acceptors (Lipinski definition) is 10. The minimum atomic E-state index is 0.654.